The number of carbonyl (C=O) groups is 1. The van der Waals surface area contributed by atoms with E-state index in [0.717, 1.165) is 21.5 Å². The lowest BCUT2D eigenvalue weighted by molar-refractivity contribution is 0.0960. The van der Waals surface area contributed by atoms with Crippen LogP contribution in [0.1, 0.15) is 15.2 Å². The molecule has 3 rings (SSSR count). The molecule has 0 aliphatic heterocycles. The Balaban J connectivity index is 0.00000208. The highest BCUT2D eigenvalue weighted by atomic mass is 35.5. The van der Waals surface area contributed by atoms with Gasteiger partial charge in [-0.15, -0.1) is 23.7 Å². The fraction of sp³-hybridized carbons (Fsp3) is 0.0625. The van der Waals surface area contributed by atoms with E-state index < -0.39 is 0 Å². The number of nitrogen functional groups attached to an aromatic ring is 1. The Morgan fingerprint density at radius 1 is 1.33 bits per heavy atom. The number of pyridine rings is 1. The number of anilines is 1. The molecule has 2 aromatic heterocycles. The number of hydrogen-bond donors (Lipinski definition) is 2. The van der Waals surface area contributed by atoms with Gasteiger partial charge >= 0.3 is 0 Å². The summed E-state index contributed by atoms with van der Waals surface area (Å²) < 4.78 is 5.08. The van der Waals surface area contributed by atoms with Crippen LogP contribution in [-0.4, -0.2) is 24.2 Å². The highest BCUT2D eigenvalue weighted by Gasteiger charge is 2.16. The lowest BCUT2D eigenvalue weighted by atomic mass is 10.2. The highest BCUT2D eigenvalue weighted by molar-refractivity contribution is 7.21. The van der Waals surface area contributed by atoms with Gasteiger partial charge in [-0.25, -0.2) is 10.4 Å². The molecule has 0 aliphatic rings. The Labute approximate surface area is 148 Å². The molecule has 3 N–H and O–H groups in total. The monoisotopic (exact) mass is 362 g/mol. The fourth-order valence-electron chi connectivity index (χ4n) is 2.03. The molecule has 0 aliphatic carbocycles. The van der Waals surface area contributed by atoms with Crippen molar-refractivity contribution in [3.63, 3.8) is 0 Å². The Morgan fingerprint density at radius 3 is 2.75 bits per heavy atom. The normalized spacial score (nSPS) is 10.5. The van der Waals surface area contributed by atoms with E-state index >= 15 is 0 Å². The molecule has 124 valence electrons. The van der Waals surface area contributed by atoms with Crippen LogP contribution in [0, 0.1) is 0 Å². The van der Waals surface area contributed by atoms with E-state index in [4.69, 9.17) is 10.5 Å². The lowest BCUT2D eigenvalue weighted by Crippen LogP contribution is -2.17. The third kappa shape index (κ3) is 3.64. The summed E-state index contributed by atoms with van der Waals surface area (Å²) in [5.41, 5.74) is 9.75. The van der Waals surface area contributed by atoms with Gasteiger partial charge in [-0.1, -0.05) is 0 Å². The van der Waals surface area contributed by atoms with E-state index in [-0.39, 0.29) is 18.3 Å². The van der Waals surface area contributed by atoms with Crippen molar-refractivity contribution in [1.82, 2.24) is 10.4 Å². The predicted octanol–water partition coefficient (Wildman–Crippen LogP) is 3.07. The van der Waals surface area contributed by atoms with Gasteiger partial charge in [0.25, 0.3) is 5.91 Å². The first kappa shape index (κ1) is 17.7. The first-order valence-electron chi connectivity index (χ1n) is 6.79. The van der Waals surface area contributed by atoms with Gasteiger partial charge in [0, 0.05) is 11.6 Å². The van der Waals surface area contributed by atoms with Gasteiger partial charge in [0.2, 0.25) is 0 Å². The first-order valence-corrected chi connectivity index (χ1v) is 7.61. The van der Waals surface area contributed by atoms with Crippen molar-refractivity contribution in [1.29, 1.82) is 0 Å². The molecule has 0 spiro atoms. The minimum atomic E-state index is -0.352. The number of rotatable bonds is 4. The molecule has 8 heteroatoms. The first-order chi connectivity index (χ1) is 11.2. The van der Waals surface area contributed by atoms with Crippen LogP contribution in [0.25, 0.3) is 10.2 Å². The molecule has 0 atom stereocenters. The Bertz CT molecular complexity index is 877. The number of thiophene rings is 1. The number of fused-ring (bicyclic) bond motifs is 1. The average Bonchev–Trinajstić information content (AvgIpc) is 2.93. The van der Waals surface area contributed by atoms with E-state index in [1.807, 2.05) is 30.3 Å². The topological polar surface area (TPSA) is 89.6 Å². The summed E-state index contributed by atoms with van der Waals surface area (Å²) in [6.07, 6.45) is 3.22. The molecule has 0 saturated heterocycles. The summed E-state index contributed by atoms with van der Waals surface area (Å²) in [6, 6.07) is 10.9. The molecular weight excluding hydrogens is 348 g/mol. The predicted molar refractivity (Wildman–Crippen MR) is 99.3 cm³/mol. The summed E-state index contributed by atoms with van der Waals surface area (Å²) in [5.74, 6) is 0.409. The average molecular weight is 363 g/mol. The minimum Gasteiger partial charge on any atom is -0.497 e. The number of ether oxygens (including phenoxy) is 1. The van der Waals surface area contributed by atoms with E-state index in [0.29, 0.717) is 10.6 Å². The van der Waals surface area contributed by atoms with Crippen LogP contribution in [0.2, 0.25) is 0 Å². The van der Waals surface area contributed by atoms with Gasteiger partial charge in [-0.2, -0.15) is 5.10 Å². The van der Waals surface area contributed by atoms with Gasteiger partial charge in [-0.05, 0) is 42.0 Å². The van der Waals surface area contributed by atoms with Gasteiger partial charge in [0.15, 0.2) is 0 Å². The van der Waals surface area contributed by atoms with Crippen molar-refractivity contribution in [3.05, 3.63) is 53.0 Å². The number of nitrogens with two attached hydrogens (primary N) is 1. The van der Waals surface area contributed by atoms with Crippen LogP contribution in [-0.2, 0) is 0 Å². The fourth-order valence-corrected chi connectivity index (χ4v) is 2.98. The summed E-state index contributed by atoms with van der Waals surface area (Å²) in [6.45, 7) is 0. The van der Waals surface area contributed by atoms with Gasteiger partial charge in [-0.3, -0.25) is 4.79 Å². The molecule has 0 saturated carbocycles. The summed E-state index contributed by atoms with van der Waals surface area (Å²) in [7, 11) is 1.60. The smallest absolute Gasteiger partial charge is 0.283 e. The van der Waals surface area contributed by atoms with Crippen LogP contribution < -0.4 is 15.9 Å². The van der Waals surface area contributed by atoms with Crippen molar-refractivity contribution in [2.24, 2.45) is 5.10 Å². The van der Waals surface area contributed by atoms with Gasteiger partial charge in [0.1, 0.15) is 15.5 Å². The summed E-state index contributed by atoms with van der Waals surface area (Å²) >= 11 is 1.24. The maximum Gasteiger partial charge on any atom is 0.283 e. The third-order valence-electron chi connectivity index (χ3n) is 3.21. The van der Waals surface area contributed by atoms with Gasteiger partial charge in [0.05, 0.1) is 19.0 Å². The van der Waals surface area contributed by atoms with Crippen LogP contribution in [0.5, 0.6) is 5.75 Å². The summed E-state index contributed by atoms with van der Waals surface area (Å²) in [4.78, 5) is 17.5. The Hall–Kier alpha value is -2.64. The van der Waals surface area contributed by atoms with Crippen LogP contribution in [0.4, 0.5) is 5.69 Å². The van der Waals surface area contributed by atoms with Crippen molar-refractivity contribution in [3.8, 4) is 5.75 Å². The number of methoxy groups -OCH3 is 1. The van der Waals surface area contributed by atoms with Crippen LogP contribution in [0.3, 0.4) is 0 Å². The van der Waals surface area contributed by atoms with E-state index in [9.17, 15) is 4.79 Å². The Kier molecular flexibility index (Phi) is 5.73. The van der Waals surface area contributed by atoms with Crippen LogP contribution >= 0.6 is 23.7 Å². The number of nitrogens with one attached hydrogen (secondary N) is 1. The number of hydrogen-bond acceptors (Lipinski definition) is 6. The number of benzene rings is 1. The largest absolute Gasteiger partial charge is 0.497 e. The molecular formula is C16H15ClN4O2S. The van der Waals surface area contributed by atoms with E-state index in [2.05, 4.69) is 15.5 Å². The number of halogens is 1. The maximum absolute atomic E-state index is 12.2. The quantitative estimate of drug-likeness (QED) is 0.551. The Morgan fingerprint density at radius 2 is 2.08 bits per heavy atom. The van der Waals surface area contributed by atoms with Crippen LogP contribution in [0.15, 0.2) is 47.7 Å². The summed E-state index contributed by atoms with van der Waals surface area (Å²) in [5, 5.41) is 4.73. The second-order valence-electron chi connectivity index (χ2n) is 4.67. The molecule has 0 fully saturated rings. The minimum absolute atomic E-state index is 0. The van der Waals surface area contributed by atoms with Gasteiger partial charge < -0.3 is 10.5 Å². The second-order valence-corrected chi connectivity index (χ2v) is 5.67. The SMILES string of the molecule is COc1ccc(C=NNC(=O)c2sc3ncccc3c2N)cc1.Cl. The van der Waals surface area contributed by atoms with Crippen molar-refractivity contribution in [2.75, 3.05) is 12.8 Å². The zero-order chi connectivity index (χ0) is 16.2. The third-order valence-corrected chi connectivity index (χ3v) is 4.33. The van der Waals surface area contributed by atoms with Crippen molar-refractivity contribution in [2.45, 2.75) is 0 Å². The second kappa shape index (κ2) is 7.76. The molecule has 1 amide bonds. The van der Waals surface area contributed by atoms with Crippen molar-refractivity contribution >= 4 is 51.8 Å². The standard InChI is InChI=1S/C16H14N4O2S.ClH/c1-22-11-6-4-10(5-7-11)9-19-20-15(21)14-13(17)12-3-2-8-18-16(12)23-14;/h2-9H,17H2,1H3,(H,20,21);1H. The maximum atomic E-state index is 12.2. The molecule has 24 heavy (non-hydrogen) atoms. The zero-order valence-corrected chi connectivity index (χ0v) is 14.4. The van der Waals surface area contributed by atoms with E-state index in [1.54, 1.807) is 25.6 Å². The molecule has 0 bridgehead atoms. The number of carbonyl (C=O) groups excluding carboxylic acids is 1. The highest BCUT2D eigenvalue weighted by Crippen LogP contribution is 2.31. The number of amides is 1. The van der Waals surface area contributed by atoms with E-state index in [1.165, 1.54) is 11.3 Å². The lowest BCUT2D eigenvalue weighted by Gasteiger charge is -2.00. The molecule has 3 aromatic rings. The molecule has 0 unspecified atom stereocenters. The van der Waals surface area contributed by atoms with Crippen molar-refractivity contribution < 1.29 is 9.53 Å². The molecule has 0 radical (unpaired) electrons. The zero-order valence-electron chi connectivity index (χ0n) is 12.7. The molecule has 6 nitrogen and oxygen atoms in total. The molecule has 1 aromatic carbocycles. The number of hydrazone groups is 1. The molecule has 2 heterocycles. The number of nitrogens with zero attached hydrogens (tertiary/aromatic N) is 2. The number of aromatic nitrogens is 1.